The summed E-state index contributed by atoms with van der Waals surface area (Å²) >= 11 is 0. The molecule has 136 valence electrons. The van der Waals surface area contributed by atoms with Crippen LogP contribution in [0.5, 0.6) is 11.5 Å². The van der Waals surface area contributed by atoms with E-state index in [1.54, 1.807) is 42.5 Å². The van der Waals surface area contributed by atoms with Gasteiger partial charge in [-0.1, -0.05) is 18.2 Å². The van der Waals surface area contributed by atoms with Gasteiger partial charge in [0.2, 0.25) is 6.79 Å². The molecule has 0 spiro atoms. The third-order valence-corrected chi connectivity index (χ3v) is 3.82. The SMILES string of the molecule is N#C/C(=C/Nc1ccccc1C(N)=O)C(=O)NCc1ccc2c(c1)OCO2. The van der Waals surface area contributed by atoms with Gasteiger partial charge in [0.25, 0.3) is 11.8 Å². The van der Waals surface area contributed by atoms with Crippen LogP contribution in [-0.4, -0.2) is 18.6 Å². The molecule has 1 aliphatic heterocycles. The van der Waals surface area contributed by atoms with Crippen molar-refractivity contribution in [1.29, 1.82) is 5.26 Å². The molecule has 8 heteroatoms. The zero-order valence-electron chi connectivity index (χ0n) is 14.2. The Morgan fingerprint density at radius 2 is 1.96 bits per heavy atom. The van der Waals surface area contributed by atoms with E-state index in [4.69, 9.17) is 15.2 Å². The fourth-order valence-corrected chi connectivity index (χ4v) is 2.45. The van der Waals surface area contributed by atoms with Crippen LogP contribution >= 0.6 is 0 Å². The van der Waals surface area contributed by atoms with Crippen LogP contribution in [0.4, 0.5) is 5.69 Å². The average molecular weight is 364 g/mol. The van der Waals surface area contributed by atoms with Crippen LogP contribution in [0, 0.1) is 11.3 Å². The molecular formula is C19H16N4O4. The molecule has 0 saturated carbocycles. The van der Waals surface area contributed by atoms with Gasteiger partial charge in [0.15, 0.2) is 11.5 Å². The number of nitrogens with two attached hydrogens (primary N) is 1. The smallest absolute Gasteiger partial charge is 0.263 e. The van der Waals surface area contributed by atoms with Gasteiger partial charge in [0.1, 0.15) is 11.6 Å². The highest BCUT2D eigenvalue weighted by atomic mass is 16.7. The third-order valence-electron chi connectivity index (χ3n) is 3.82. The van der Waals surface area contributed by atoms with Crippen LogP contribution in [0.25, 0.3) is 0 Å². The molecule has 0 radical (unpaired) electrons. The number of nitrogens with zero attached hydrogens (tertiary/aromatic N) is 1. The molecule has 3 rings (SSSR count). The number of hydrogen-bond donors (Lipinski definition) is 3. The van der Waals surface area contributed by atoms with E-state index in [-0.39, 0.29) is 24.5 Å². The molecule has 0 aliphatic carbocycles. The molecular weight excluding hydrogens is 348 g/mol. The number of nitrogens with one attached hydrogen (secondary N) is 2. The fourth-order valence-electron chi connectivity index (χ4n) is 2.45. The Bertz CT molecular complexity index is 962. The average Bonchev–Trinajstić information content (AvgIpc) is 3.14. The first-order valence-electron chi connectivity index (χ1n) is 8.01. The second kappa shape index (κ2) is 7.93. The lowest BCUT2D eigenvalue weighted by atomic mass is 10.1. The number of carbonyl (C=O) groups is 2. The van der Waals surface area contributed by atoms with Crippen LogP contribution in [0.1, 0.15) is 15.9 Å². The summed E-state index contributed by atoms with van der Waals surface area (Å²) in [4.78, 5) is 23.6. The summed E-state index contributed by atoms with van der Waals surface area (Å²) < 4.78 is 10.5. The van der Waals surface area contributed by atoms with Crippen LogP contribution in [0.15, 0.2) is 54.2 Å². The minimum Gasteiger partial charge on any atom is -0.454 e. The first kappa shape index (κ1) is 17.8. The number of benzene rings is 2. The Balaban J connectivity index is 1.65. The van der Waals surface area contributed by atoms with Crippen molar-refractivity contribution in [2.45, 2.75) is 6.54 Å². The zero-order valence-corrected chi connectivity index (χ0v) is 14.2. The minimum atomic E-state index is -0.614. The summed E-state index contributed by atoms with van der Waals surface area (Å²) in [6.45, 7) is 0.386. The first-order valence-corrected chi connectivity index (χ1v) is 8.01. The quantitative estimate of drug-likeness (QED) is 0.528. The summed E-state index contributed by atoms with van der Waals surface area (Å²) in [5.41, 5.74) is 6.62. The van der Waals surface area contributed by atoms with Crippen molar-refractivity contribution >= 4 is 17.5 Å². The number of fused-ring (bicyclic) bond motifs is 1. The van der Waals surface area contributed by atoms with Crippen molar-refractivity contribution < 1.29 is 19.1 Å². The summed E-state index contributed by atoms with van der Waals surface area (Å²) in [6, 6.07) is 13.7. The maximum atomic E-state index is 12.2. The van der Waals surface area contributed by atoms with Gasteiger partial charge in [-0.05, 0) is 29.8 Å². The normalized spacial score (nSPS) is 12.2. The highest BCUT2D eigenvalue weighted by Gasteiger charge is 2.14. The predicted molar refractivity (Wildman–Crippen MR) is 96.7 cm³/mol. The standard InChI is InChI=1S/C19H16N4O4/c20-8-13(10-22-15-4-2-1-3-14(15)18(21)24)19(25)23-9-12-5-6-16-17(7-12)27-11-26-16/h1-7,10,22H,9,11H2,(H2,21,24)(H,23,25)/b13-10-. The van der Waals surface area contributed by atoms with Crippen molar-refractivity contribution in [3.05, 3.63) is 65.4 Å². The number of anilines is 1. The van der Waals surface area contributed by atoms with Gasteiger partial charge in [-0.15, -0.1) is 0 Å². The van der Waals surface area contributed by atoms with Crippen molar-refractivity contribution in [3.8, 4) is 17.6 Å². The lowest BCUT2D eigenvalue weighted by Crippen LogP contribution is -2.24. The first-order chi connectivity index (χ1) is 13.1. The molecule has 0 saturated heterocycles. The molecule has 2 amide bonds. The van der Waals surface area contributed by atoms with Crippen LogP contribution in [-0.2, 0) is 11.3 Å². The van der Waals surface area contributed by atoms with Gasteiger partial charge in [-0.2, -0.15) is 5.26 Å². The molecule has 27 heavy (non-hydrogen) atoms. The molecule has 1 aliphatic rings. The Labute approximate surface area is 155 Å². The molecule has 1 heterocycles. The Hall–Kier alpha value is -3.99. The molecule has 8 nitrogen and oxygen atoms in total. The lowest BCUT2D eigenvalue weighted by Gasteiger charge is -2.08. The summed E-state index contributed by atoms with van der Waals surface area (Å²) in [6.07, 6.45) is 1.23. The van der Waals surface area contributed by atoms with E-state index in [9.17, 15) is 14.9 Å². The number of primary amides is 1. The van der Waals surface area contributed by atoms with Crippen LogP contribution < -0.4 is 25.8 Å². The summed E-state index contributed by atoms with van der Waals surface area (Å²) in [5.74, 6) is 0.0963. The molecule has 2 aromatic rings. The number of carbonyl (C=O) groups excluding carboxylic acids is 2. The van der Waals surface area contributed by atoms with Gasteiger partial charge in [-0.25, -0.2) is 0 Å². The topological polar surface area (TPSA) is 126 Å². The van der Waals surface area contributed by atoms with Gasteiger partial charge < -0.3 is 25.8 Å². The van der Waals surface area contributed by atoms with E-state index < -0.39 is 11.8 Å². The van der Waals surface area contributed by atoms with Crippen LogP contribution in [0.3, 0.4) is 0 Å². The maximum Gasteiger partial charge on any atom is 0.263 e. The Kier molecular flexibility index (Phi) is 5.23. The minimum absolute atomic E-state index is 0.144. The number of hydrogen-bond acceptors (Lipinski definition) is 6. The number of amides is 2. The molecule has 4 N–H and O–H groups in total. The van der Waals surface area contributed by atoms with Crippen molar-refractivity contribution in [1.82, 2.24) is 5.32 Å². The third kappa shape index (κ3) is 4.16. The van der Waals surface area contributed by atoms with E-state index >= 15 is 0 Å². The number of nitriles is 1. The molecule has 0 fully saturated rings. The largest absolute Gasteiger partial charge is 0.454 e. The van der Waals surface area contributed by atoms with Gasteiger partial charge in [0.05, 0.1) is 11.3 Å². The Morgan fingerprint density at radius 1 is 1.19 bits per heavy atom. The number of para-hydroxylation sites is 1. The van der Waals surface area contributed by atoms with E-state index in [0.717, 1.165) is 5.56 Å². The van der Waals surface area contributed by atoms with E-state index in [2.05, 4.69) is 10.6 Å². The predicted octanol–water partition coefficient (Wildman–Crippen LogP) is 1.65. The van der Waals surface area contributed by atoms with Crippen molar-refractivity contribution in [2.75, 3.05) is 12.1 Å². The lowest BCUT2D eigenvalue weighted by molar-refractivity contribution is -0.117. The number of rotatable bonds is 6. The molecule has 0 unspecified atom stereocenters. The molecule has 0 bridgehead atoms. The highest BCUT2D eigenvalue weighted by molar-refractivity contribution is 6.00. The molecule has 2 aromatic carbocycles. The van der Waals surface area contributed by atoms with E-state index in [0.29, 0.717) is 17.2 Å². The zero-order chi connectivity index (χ0) is 19.2. The maximum absolute atomic E-state index is 12.2. The van der Waals surface area contributed by atoms with Gasteiger partial charge in [-0.3, -0.25) is 9.59 Å². The fraction of sp³-hybridized carbons (Fsp3) is 0.105. The van der Waals surface area contributed by atoms with Gasteiger partial charge >= 0.3 is 0 Å². The highest BCUT2D eigenvalue weighted by Crippen LogP contribution is 2.32. The van der Waals surface area contributed by atoms with E-state index in [1.807, 2.05) is 6.07 Å². The molecule has 0 aromatic heterocycles. The summed E-state index contributed by atoms with van der Waals surface area (Å²) in [5, 5.41) is 14.7. The van der Waals surface area contributed by atoms with Crippen molar-refractivity contribution in [2.24, 2.45) is 5.73 Å². The van der Waals surface area contributed by atoms with E-state index in [1.165, 1.54) is 6.20 Å². The molecule has 0 atom stereocenters. The number of ether oxygens (including phenoxy) is 2. The van der Waals surface area contributed by atoms with Crippen LogP contribution in [0.2, 0.25) is 0 Å². The van der Waals surface area contributed by atoms with Crippen molar-refractivity contribution in [3.63, 3.8) is 0 Å². The monoisotopic (exact) mass is 364 g/mol. The second-order valence-electron chi connectivity index (χ2n) is 5.59. The second-order valence-corrected chi connectivity index (χ2v) is 5.59. The summed E-state index contributed by atoms with van der Waals surface area (Å²) in [7, 11) is 0. The Morgan fingerprint density at radius 3 is 2.74 bits per heavy atom. The van der Waals surface area contributed by atoms with Gasteiger partial charge in [0, 0.05) is 12.7 Å².